The maximum atomic E-state index is 11.4. The minimum absolute atomic E-state index is 0.145. The Morgan fingerprint density at radius 3 is 3.10 bits per heavy atom. The summed E-state index contributed by atoms with van der Waals surface area (Å²) in [5, 5.41) is 10.4. The molecule has 0 saturated carbocycles. The van der Waals surface area contributed by atoms with Gasteiger partial charge in [0.05, 0.1) is 17.5 Å². The molecule has 2 heterocycles. The van der Waals surface area contributed by atoms with Crippen LogP contribution in [-0.4, -0.2) is 22.7 Å². The summed E-state index contributed by atoms with van der Waals surface area (Å²) in [7, 11) is 0. The third kappa shape index (κ3) is 2.03. The number of hydrogen-bond donors (Lipinski definition) is 1. The fourth-order valence-corrected chi connectivity index (χ4v) is 4.47. The molecule has 5 heteroatoms. The summed E-state index contributed by atoms with van der Waals surface area (Å²) < 4.78 is 5.72. The highest BCUT2D eigenvalue weighted by Gasteiger charge is 2.34. The van der Waals surface area contributed by atoms with Gasteiger partial charge in [0.2, 0.25) is 0 Å². The first-order valence-electron chi connectivity index (χ1n) is 7.18. The summed E-state index contributed by atoms with van der Waals surface area (Å²) in [4.78, 5) is 17.2. The van der Waals surface area contributed by atoms with Gasteiger partial charge in [0.1, 0.15) is 17.4 Å². The number of hydrogen-bond acceptors (Lipinski definition) is 4. The quantitative estimate of drug-likeness (QED) is 0.925. The highest BCUT2D eigenvalue weighted by atomic mass is 32.1. The lowest BCUT2D eigenvalue weighted by Gasteiger charge is -2.16. The van der Waals surface area contributed by atoms with Gasteiger partial charge in [0.15, 0.2) is 0 Å². The number of benzene rings is 1. The monoisotopic (exact) mass is 301 g/mol. The molecule has 1 aliphatic carbocycles. The fraction of sp³-hybridized carbons (Fsp3) is 0.375. The molecule has 1 aromatic carbocycles. The zero-order valence-electron chi connectivity index (χ0n) is 11.4. The average Bonchev–Trinajstić information content (AvgIpc) is 3.09. The minimum atomic E-state index is -0.754. The van der Waals surface area contributed by atoms with Crippen molar-refractivity contribution < 1.29 is 14.6 Å². The van der Waals surface area contributed by atoms with E-state index in [1.165, 1.54) is 0 Å². The first kappa shape index (κ1) is 12.8. The van der Waals surface area contributed by atoms with E-state index in [1.54, 1.807) is 11.3 Å². The molecule has 108 valence electrons. The highest BCUT2D eigenvalue weighted by Crippen LogP contribution is 2.43. The van der Waals surface area contributed by atoms with Crippen LogP contribution in [0.4, 0.5) is 0 Å². The second-order valence-corrected chi connectivity index (χ2v) is 6.66. The molecule has 0 bridgehead atoms. The van der Waals surface area contributed by atoms with Crippen molar-refractivity contribution in [1.82, 2.24) is 4.98 Å². The zero-order chi connectivity index (χ0) is 14.4. The Bertz CT molecular complexity index is 709. The molecule has 2 aliphatic rings. The maximum absolute atomic E-state index is 11.4. The normalized spacial score (nSPS) is 23.2. The van der Waals surface area contributed by atoms with Crippen molar-refractivity contribution in [2.24, 2.45) is 0 Å². The molecule has 1 N–H and O–H groups in total. The van der Waals surface area contributed by atoms with Gasteiger partial charge in [0.25, 0.3) is 0 Å². The van der Waals surface area contributed by atoms with E-state index in [4.69, 9.17) is 9.72 Å². The van der Waals surface area contributed by atoms with Gasteiger partial charge in [-0.1, -0.05) is 18.2 Å². The van der Waals surface area contributed by atoms with Crippen LogP contribution in [-0.2, 0) is 11.2 Å². The van der Waals surface area contributed by atoms with Crippen LogP contribution < -0.4 is 4.74 Å². The number of fused-ring (bicyclic) bond motifs is 2. The predicted octanol–water partition coefficient (Wildman–Crippen LogP) is 3.17. The molecule has 2 atom stereocenters. The first-order chi connectivity index (χ1) is 10.2. The number of aliphatic carboxylic acids is 1. The van der Waals surface area contributed by atoms with Crippen LogP contribution in [0.15, 0.2) is 24.3 Å². The number of carbonyl (C=O) groups is 1. The van der Waals surface area contributed by atoms with E-state index in [2.05, 4.69) is 6.07 Å². The topological polar surface area (TPSA) is 59.4 Å². The van der Waals surface area contributed by atoms with Crippen molar-refractivity contribution in [2.45, 2.75) is 31.1 Å². The number of ether oxygens (including phenoxy) is 1. The van der Waals surface area contributed by atoms with E-state index in [9.17, 15) is 9.90 Å². The van der Waals surface area contributed by atoms with Gasteiger partial charge in [-0.25, -0.2) is 4.98 Å². The van der Waals surface area contributed by atoms with Gasteiger partial charge in [-0.15, -0.1) is 11.3 Å². The SMILES string of the molecule is O=C(O)C1CCCc2sc(C3COc4ccccc43)nc21. The summed E-state index contributed by atoms with van der Waals surface area (Å²) in [5.41, 5.74) is 1.95. The number of nitrogens with zero attached hydrogens (tertiary/aromatic N) is 1. The minimum Gasteiger partial charge on any atom is -0.492 e. The Hall–Kier alpha value is -1.88. The lowest BCUT2D eigenvalue weighted by molar-refractivity contribution is -0.139. The van der Waals surface area contributed by atoms with Crippen LogP contribution >= 0.6 is 11.3 Å². The number of carboxylic acid groups (broad SMARTS) is 1. The van der Waals surface area contributed by atoms with E-state index in [-0.39, 0.29) is 5.92 Å². The number of para-hydroxylation sites is 1. The summed E-state index contributed by atoms with van der Waals surface area (Å²) in [6.45, 7) is 0.601. The molecule has 0 fully saturated rings. The Morgan fingerprint density at radius 1 is 1.38 bits per heavy atom. The van der Waals surface area contributed by atoms with E-state index in [0.29, 0.717) is 13.0 Å². The number of thiazole rings is 1. The Balaban J connectivity index is 1.74. The van der Waals surface area contributed by atoms with Gasteiger partial charge in [-0.05, 0) is 25.3 Å². The average molecular weight is 301 g/mol. The lowest BCUT2D eigenvalue weighted by atomic mass is 9.91. The number of aromatic nitrogens is 1. The molecule has 0 radical (unpaired) electrons. The molecule has 2 unspecified atom stereocenters. The first-order valence-corrected chi connectivity index (χ1v) is 7.99. The molecular formula is C16H15NO3S. The number of carboxylic acids is 1. The van der Waals surface area contributed by atoms with E-state index in [1.807, 2.05) is 18.2 Å². The van der Waals surface area contributed by atoms with Crippen LogP contribution in [0.5, 0.6) is 5.75 Å². The smallest absolute Gasteiger partial charge is 0.312 e. The van der Waals surface area contributed by atoms with Gasteiger partial charge < -0.3 is 9.84 Å². The molecule has 21 heavy (non-hydrogen) atoms. The Labute approximate surface area is 126 Å². The van der Waals surface area contributed by atoms with Crippen molar-refractivity contribution in [2.75, 3.05) is 6.61 Å². The van der Waals surface area contributed by atoms with E-state index < -0.39 is 11.9 Å². The molecule has 4 rings (SSSR count). The number of aryl methyl sites for hydroxylation is 1. The van der Waals surface area contributed by atoms with Crippen LogP contribution in [0.1, 0.15) is 45.8 Å². The third-order valence-corrected chi connectivity index (χ3v) is 5.51. The fourth-order valence-electron chi connectivity index (χ4n) is 3.19. The van der Waals surface area contributed by atoms with Crippen LogP contribution in [0.3, 0.4) is 0 Å². The summed E-state index contributed by atoms with van der Waals surface area (Å²) in [5.74, 6) is -0.121. The largest absolute Gasteiger partial charge is 0.492 e. The van der Waals surface area contributed by atoms with Crippen molar-refractivity contribution in [3.8, 4) is 5.75 Å². The Kier molecular flexibility index (Phi) is 2.96. The van der Waals surface area contributed by atoms with Gasteiger partial charge >= 0.3 is 5.97 Å². The standard InChI is InChI=1S/C16H15NO3S/c18-16(19)10-5-3-7-13-14(10)17-15(21-13)11-8-20-12-6-2-1-4-9(11)12/h1-2,4,6,10-11H,3,5,7-8H2,(H,18,19). The third-order valence-electron chi connectivity index (χ3n) is 4.27. The Morgan fingerprint density at radius 2 is 2.24 bits per heavy atom. The molecule has 4 nitrogen and oxygen atoms in total. The summed E-state index contributed by atoms with van der Waals surface area (Å²) >= 11 is 1.66. The lowest BCUT2D eigenvalue weighted by Crippen LogP contribution is -2.17. The molecular weight excluding hydrogens is 286 g/mol. The van der Waals surface area contributed by atoms with Gasteiger partial charge in [0, 0.05) is 10.4 Å². The zero-order valence-corrected chi connectivity index (χ0v) is 12.2. The molecule has 0 saturated heterocycles. The second-order valence-electron chi connectivity index (χ2n) is 5.54. The van der Waals surface area contributed by atoms with E-state index >= 15 is 0 Å². The molecule has 0 spiro atoms. The van der Waals surface area contributed by atoms with Crippen molar-refractivity contribution in [3.63, 3.8) is 0 Å². The summed E-state index contributed by atoms with van der Waals surface area (Å²) in [6.07, 6.45) is 2.58. The molecule has 1 aromatic heterocycles. The van der Waals surface area contributed by atoms with Gasteiger partial charge in [-0.2, -0.15) is 0 Å². The molecule has 1 aliphatic heterocycles. The second kappa shape index (κ2) is 4.84. The predicted molar refractivity (Wildman–Crippen MR) is 79.2 cm³/mol. The van der Waals surface area contributed by atoms with Crippen LogP contribution in [0.2, 0.25) is 0 Å². The van der Waals surface area contributed by atoms with Crippen molar-refractivity contribution in [3.05, 3.63) is 45.4 Å². The molecule has 2 aromatic rings. The van der Waals surface area contributed by atoms with Gasteiger partial charge in [-0.3, -0.25) is 4.79 Å². The van der Waals surface area contributed by atoms with Crippen molar-refractivity contribution in [1.29, 1.82) is 0 Å². The van der Waals surface area contributed by atoms with E-state index in [0.717, 1.165) is 39.7 Å². The number of rotatable bonds is 2. The van der Waals surface area contributed by atoms with Crippen LogP contribution in [0, 0.1) is 0 Å². The molecule has 0 amide bonds. The maximum Gasteiger partial charge on any atom is 0.312 e. The van der Waals surface area contributed by atoms with Crippen LogP contribution in [0.25, 0.3) is 0 Å². The van der Waals surface area contributed by atoms with Crippen molar-refractivity contribution >= 4 is 17.3 Å². The highest BCUT2D eigenvalue weighted by molar-refractivity contribution is 7.11. The summed E-state index contributed by atoms with van der Waals surface area (Å²) in [6, 6.07) is 8.02.